The van der Waals surface area contributed by atoms with Crippen LogP contribution in [-0.4, -0.2) is 18.3 Å². The number of ether oxygens (including phenoxy) is 1. The molecule has 4 heteroatoms. The van der Waals surface area contributed by atoms with Crippen LogP contribution in [0.3, 0.4) is 0 Å². The van der Waals surface area contributed by atoms with Crippen molar-refractivity contribution in [2.24, 2.45) is 11.7 Å². The zero-order valence-electron chi connectivity index (χ0n) is 11.1. The summed E-state index contributed by atoms with van der Waals surface area (Å²) in [5.41, 5.74) is 6.65. The summed E-state index contributed by atoms with van der Waals surface area (Å²) in [6.45, 7) is 5.09. The van der Waals surface area contributed by atoms with E-state index in [0.717, 1.165) is 17.9 Å². The highest BCUT2D eigenvalue weighted by atomic mass is 35.5. The Morgan fingerprint density at radius 2 is 1.89 bits per heavy atom. The third kappa shape index (κ3) is 5.71. The Kier molecular flexibility index (Phi) is 8.81. The molecule has 1 rings (SSSR count). The van der Waals surface area contributed by atoms with E-state index in [9.17, 15) is 0 Å². The van der Waals surface area contributed by atoms with E-state index in [-0.39, 0.29) is 25.1 Å². The molecular formula is C14H24ClNO2. The van der Waals surface area contributed by atoms with Crippen molar-refractivity contribution in [3.63, 3.8) is 0 Å². The van der Waals surface area contributed by atoms with Gasteiger partial charge in [-0.2, -0.15) is 0 Å². The van der Waals surface area contributed by atoms with E-state index in [1.165, 1.54) is 12.8 Å². The number of rotatable bonds is 7. The summed E-state index contributed by atoms with van der Waals surface area (Å²) in [5, 5.41) is 8.94. The first-order chi connectivity index (χ1) is 8.17. The quantitative estimate of drug-likeness (QED) is 0.803. The predicted molar refractivity (Wildman–Crippen MR) is 77.3 cm³/mol. The molecule has 0 fully saturated rings. The lowest BCUT2D eigenvalue weighted by atomic mass is 10.1. The Morgan fingerprint density at radius 3 is 2.39 bits per heavy atom. The van der Waals surface area contributed by atoms with Crippen molar-refractivity contribution in [1.29, 1.82) is 0 Å². The molecule has 0 aromatic heterocycles. The van der Waals surface area contributed by atoms with Gasteiger partial charge in [-0.15, -0.1) is 12.4 Å². The van der Waals surface area contributed by atoms with Crippen LogP contribution in [0.1, 0.15) is 38.3 Å². The summed E-state index contributed by atoms with van der Waals surface area (Å²) in [6.07, 6.45) is 2.38. The Bertz CT molecular complexity index is 316. The fourth-order valence-corrected chi connectivity index (χ4v) is 1.73. The molecule has 1 aromatic rings. The summed E-state index contributed by atoms with van der Waals surface area (Å²) in [6, 6.07) is 7.32. The molecule has 1 aromatic carbocycles. The van der Waals surface area contributed by atoms with Crippen LogP contribution in [0.5, 0.6) is 5.75 Å². The molecule has 3 N–H and O–H groups in total. The minimum Gasteiger partial charge on any atom is -0.493 e. The van der Waals surface area contributed by atoms with Gasteiger partial charge < -0.3 is 15.6 Å². The van der Waals surface area contributed by atoms with Crippen molar-refractivity contribution in [1.82, 2.24) is 0 Å². The molecule has 0 radical (unpaired) electrons. The summed E-state index contributed by atoms with van der Waals surface area (Å²) < 4.78 is 5.69. The lowest BCUT2D eigenvalue weighted by Crippen LogP contribution is -2.14. The monoisotopic (exact) mass is 273 g/mol. The van der Waals surface area contributed by atoms with Gasteiger partial charge in [-0.3, -0.25) is 0 Å². The zero-order valence-corrected chi connectivity index (χ0v) is 12.0. The summed E-state index contributed by atoms with van der Waals surface area (Å²) >= 11 is 0. The molecule has 0 saturated heterocycles. The van der Waals surface area contributed by atoms with Crippen LogP contribution in [0, 0.1) is 5.92 Å². The van der Waals surface area contributed by atoms with E-state index in [0.29, 0.717) is 5.92 Å². The van der Waals surface area contributed by atoms with E-state index in [1.807, 2.05) is 24.3 Å². The van der Waals surface area contributed by atoms with Crippen molar-refractivity contribution < 1.29 is 9.84 Å². The van der Waals surface area contributed by atoms with Crippen LogP contribution in [0.15, 0.2) is 24.3 Å². The Hall–Kier alpha value is -0.770. The average molecular weight is 274 g/mol. The van der Waals surface area contributed by atoms with Gasteiger partial charge in [0, 0.05) is 0 Å². The lowest BCUT2D eigenvalue weighted by Gasteiger charge is -2.13. The number of nitrogens with two attached hydrogens (primary N) is 1. The summed E-state index contributed by atoms with van der Waals surface area (Å²) in [7, 11) is 0. The smallest absolute Gasteiger partial charge is 0.119 e. The van der Waals surface area contributed by atoms with E-state index < -0.39 is 0 Å². The normalized spacial score (nSPS) is 13.6. The van der Waals surface area contributed by atoms with Crippen molar-refractivity contribution in [2.45, 2.75) is 32.7 Å². The van der Waals surface area contributed by atoms with Crippen LogP contribution < -0.4 is 10.5 Å². The van der Waals surface area contributed by atoms with Crippen molar-refractivity contribution in [3.8, 4) is 5.75 Å². The predicted octanol–water partition coefficient (Wildman–Crippen LogP) is 2.92. The molecule has 0 amide bonds. The van der Waals surface area contributed by atoms with Gasteiger partial charge in [0.15, 0.2) is 0 Å². The highest BCUT2D eigenvalue weighted by Crippen LogP contribution is 2.17. The SMILES string of the molecule is CCCC(C)COc1ccc([C@@H](N)CO)cc1.Cl. The van der Waals surface area contributed by atoms with Gasteiger partial charge in [-0.25, -0.2) is 0 Å². The van der Waals surface area contributed by atoms with Gasteiger partial charge in [-0.05, 0) is 30.0 Å². The molecule has 18 heavy (non-hydrogen) atoms. The fraction of sp³-hybridized carbons (Fsp3) is 0.571. The highest BCUT2D eigenvalue weighted by Gasteiger charge is 2.05. The first-order valence-corrected chi connectivity index (χ1v) is 6.26. The number of aliphatic hydroxyl groups is 1. The average Bonchev–Trinajstić information content (AvgIpc) is 2.36. The van der Waals surface area contributed by atoms with Gasteiger partial charge in [0.2, 0.25) is 0 Å². The second kappa shape index (κ2) is 9.20. The maximum absolute atomic E-state index is 8.94. The lowest BCUT2D eigenvalue weighted by molar-refractivity contribution is 0.251. The van der Waals surface area contributed by atoms with Crippen LogP contribution in [0.4, 0.5) is 0 Å². The molecule has 0 aliphatic rings. The van der Waals surface area contributed by atoms with E-state index in [4.69, 9.17) is 15.6 Å². The first kappa shape index (κ1) is 17.2. The molecule has 0 aliphatic carbocycles. The second-order valence-electron chi connectivity index (χ2n) is 4.56. The molecule has 3 nitrogen and oxygen atoms in total. The maximum Gasteiger partial charge on any atom is 0.119 e. The largest absolute Gasteiger partial charge is 0.493 e. The molecule has 0 saturated carbocycles. The zero-order chi connectivity index (χ0) is 12.7. The van der Waals surface area contributed by atoms with Crippen LogP contribution in [0.2, 0.25) is 0 Å². The van der Waals surface area contributed by atoms with Crippen molar-refractivity contribution in [3.05, 3.63) is 29.8 Å². The minimum atomic E-state index is -0.303. The van der Waals surface area contributed by atoms with Gasteiger partial charge in [-0.1, -0.05) is 32.4 Å². The van der Waals surface area contributed by atoms with Crippen LogP contribution in [0.25, 0.3) is 0 Å². The molecule has 0 spiro atoms. The Morgan fingerprint density at radius 1 is 1.28 bits per heavy atom. The molecule has 0 heterocycles. The number of hydrogen-bond donors (Lipinski definition) is 2. The Balaban J connectivity index is 0.00000289. The van der Waals surface area contributed by atoms with Crippen LogP contribution >= 0.6 is 12.4 Å². The molecule has 0 bridgehead atoms. The Labute approximate surface area is 116 Å². The van der Waals surface area contributed by atoms with Gasteiger partial charge in [0.05, 0.1) is 19.3 Å². The minimum absolute atomic E-state index is 0. The standard InChI is InChI=1S/C14H23NO2.ClH/c1-3-4-11(2)10-17-13-7-5-12(6-8-13)14(15)9-16;/h5-8,11,14,16H,3-4,9-10,15H2,1-2H3;1H/t11?,14-;/m0./s1. The summed E-state index contributed by atoms with van der Waals surface area (Å²) in [4.78, 5) is 0. The topological polar surface area (TPSA) is 55.5 Å². The fourth-order valence-electron chi connectivity index (χ4n) is 1.73. The third-order valence-electron chi connectivity index (χ3n) is 2.82. The van der Waals surface area contributed by atoms with Gasteiger partial charge in [0.25, 0.3) is 0 Å². The first-order valence-electron chi connectivity index (χ1n) is 6.26. The highest BCUT2D eigenvalue weighted by molar-refractivity contribution is 5.85. The number of hydrogen-bond acceptors (Lipinski definition) is 3. The molecule has 2 atom stereocenters. The van der Waals surface area contributed by atoms with E-state index in [1.54, 1.807) is 0 Å². The van der Waals surface area contributed by atoms with E-state index in [2.05, 4.69) is 13.8 Å². The van der Waals surface area contributed by atoms with E-state index >= 15 is 0 Å². The molecule has 1 unspecified atom stereocenters. The maximum atomic E-state index is 8.94. The molecular weight excluding hydrogens is 250 g/mol. The molecule has 104 valence electrons. The number of aliphatic hydroxyl groups excluding tert-OH is 1. The van der Waals surface area contributed by atoms with Gasteiger partial charge in [0.1, 0.15) is 5.75 Å². The number of halogens is 1. The van der Waals surface area contributed by atoms with Crippen LogP contribution in [-0.2, 0) is 0 Å². The third-order valence-corrected chi connectivity index (χ3v) is 2.82. The van der Waals surface area contributed by atoms with Crippen molar-refractivity contribution in [2.75, 3.05) is 13.2 Å². The second-order valence-corrected chi connectivity index (χ2v) is 4.56. The van der Waals surface area contributed by atoms with Gasteiger partial charge >= 0.3 is 0 Å². The van der Waals surface area contributed by atoms with Crippen molar-refractivity contribution >= 4 is 12.4 Å². The summed E-state index contributed by atoms with van der Waals surface area (Å²) in [5.74, 6) is 1.45. The molecule has 0 aliphatic heterocycles. The number of benzene rings is 1.